The molecule has 1 amide bonds. The van der Waals surface area contributed by atoms with E-state index in [0.29, 0.717) is 10.6 Å². The van der Waals surface area contributed by atoms with E-state index in [4.69, 9.17) is 0 Å². The Hall–Kier alpha value is -1.63. The van der Waals surface area contributed by atoms with Crippen LogP contribution in [0.3, 0.4) is 0 Å². The lowest BCUT2D eigenvalue weighted by atomic mass is 10.1. The van der Waals surface area contributed by atoms with Crippen LogP contribution in [0.5, 0.6) is 0 Å². The van der Waals surface area contributed by atoms with Gasteiger partial charge in [-0.1, -0.05) is 36.4 Å². The molecule has 0 unspecified atom stereocenters. The van der Waals surface area contributed by atoms with Gasteiger partial charge in [0.1, 0.15) is 11.1 Å². The fourth-order valence-electron chi connectivity index (χ4n) is 2.93. The predicted molar refractivity (Wildman–Crippen MR) is 113 cm³/mol. The number of nitrogens with zero attached hydrogens (tertiary/aromatic N) is 3. The fourth-order valence-corrected chi connectivity index (χ4v) is 6.09. The van der Waals surface area contributed by atoms with Crippen molar-refractivity contribution in [2.45, 2.75) is 62.0 Å². The molecule has 144 valence electrons. The zero-order valence-electron chi connectivity index (χ0n) is 15.5. The number of fused-ring (bicyclic) bond motifs is 1. The molecule has 9 heteroatoms. The average Bonchev–Trinajstić information content (AvgIpc) is 3.16. The van der Waals surface area contributed by atoms with Crippen molar-refractivity contribution < 1.29 is 4.79 Å². The monoisotopic (exact) mass is 421 g/mol. The van der Waals surface area contributed by atoms with Gasteiger partial charge in [0, 0.05) is 11.4 Å². The maximum absolute atomic E-state index is 12.7. The molecule has 2 aromatic rings. The highest BCUT2D eigenvalue weighted by atomic mass is 32.2. The number of aryl methyl sites for hydroxylation is 1. The summed E-state index contributed by atoms with van der Waals surface area (Å²) in [7, 11) is 0. The molecule has 2 aromatic heterocycles. The summed E-state index contributed by atoms with van der Waals surface area (Å²) in [5, 5.41) is 25.2. The SMILES string of the molecule is CCCNc1nnc(S[C@@H](C)C(=O)Nc2sc3c(c2C#N)CCCCC3)s1. The first-order valence-corrected chi connectivity index (χ1v) is 11.7. The lowest BCUT2D eigenvalue weighted by Crippen LogP contribution is -2.22. The zero-order chi connectivity index (χ0) is 19.2. The molecule has 0 fully saturated rings. The van der Waals surface area contributed by atoms with Gasteiger partial charge in [-0.3, -0.25) is 4.79 Å². The zero-order valence-corrected chi connectivity index (χ0v) is 18.0. The molecule has 3 rings (SSSR count). The quantitative estimate of drug-likeness (QED) is 0.498. The number of aromatic nitrogens is 2. The van der Waals surface area contributed by atoms with Crippen LogP contribution >= 0.6 is 34.4 Å². The summed E-state index contributed by atoms with van der Waals surface area (Å²) in [6.45, 7) is 4.80. The van der Waals surface area contributed by atoms with Crippen LogP contribution in [-0.4, -0.2) is 27.9 Å². The normalized spacial score (nSPS) is 14.7. The molecule has 0 aromatic carbocycles. The third-order valence-electron chi connectivity index (χ3n) is 4.35. The summed E-state index contributed by atoms with van der Waals surface area (Å²) in [6, 6.07) is 2.31. The number of hydrogen-bond donors (Lipinski definition) is 2. The third-order valence-corrected chi connectivity index (χ3v) is 7.62. The van der Waals surface area contributed by atoms with Crippen LogP contribution in [0.4, 0.5) is 10.1 Å². The molecular formula is C18H23N5OS3. The van der Waals surface area contributed by atoms with Gasteiger partial charge in [0.05, 0.1) is 10.8 Å². The number of carbonyl (C=O) groups is 1. The highest BCUT2D eigenvalue weighted by Gasteiger charge is 2.23. The fraction of sp³-hybridized carbons (Fsp3) is 0.556. The Morgan fingerprint density at radius 3 is 2.89 bits per heavy atom. The van der Waals surface area contributed by atoms with Crippen LogP contribution in [0.15, 0.2) is 4.34 Å². The standard InChI is InChI=1S/C18H23N5OS3/c1-3-9-20-17-22-23-18(27-17)25-11(2)15(24)21-16-13(10-19)12-7-5-4-6-8-14(12)26-16/h11H,3-9H2,1-2H3,(H,20,22)(H,21,24)/t11-/m0/s1. The van der Waals surface area contributed by atoms with Gasteiger partial charge in [0.25, 0.3) is 0 Å². The Morgan fingerprint density at radius 1 is 1.30 bits per heavy atom. The first-order chi connectivity index (χ1) is 13.1. The molecule has 1 aliphatic rings. The number of rotatable bonds is 7. The van der Waals surface area contributed by atoms with Crippen LogP contribution in [0, 0.1) is 11.3 Å². The molecule has 1 aliphatic carbocycles. The van der Waals surface area contributed by atoms with E-state index in [-0.39, 0.29) is 11.2 Å². The van der Waals surface area contributed by atoms with Crippen molar-refractivity contribution >= 4 is 50.5 Å². The highest BCUT2D eigenvalue weighted by molar-refractivity contribution is 8.02. The van der Waals surface area contributed by atoms with E-state index in [1.54, 1.807) is 11.3 Å². The van der Waals surface area contributed by atoms with Gasteiger partial charge in [0.2, 0.25) is 11.0 Å². The van der Waals surface area contributed by atoms with E-state index in [0.717, 1.165) is 53.7 Å². The van der Waals surface area contributed by atoms with Crippen molar-refractivity contribution in [3.8, 4) is 6.07 Å². The van der Waals surface area contributed by atoms with Crippen LogP contribution in [0.2, 0.25) is 0 Å². The van der Waals surface area contributed by atoms with Gasteiger partial charge in [-0.25, -0.2) is 0 Å². The molecule has 2 N–H and O–H groups in total. The van der Waals surface area contributed by atoms with Crippen molar-refractivity contribution in [1.29, 1.82) is 5.26 Å². The number of thioether (sulfide) groups is 1. The molecule has 0 aliphatic heterocycles. The number of carbonyl (C=O) groups excluding carboxylic acids is 1. The number of thiophene rings is 1. The van der Waals surface area contributed by atoms with Crippen molar-refractivity contribution in [2.24, 2.45) is 0 Å². The van der Waals surface area contributed by atoms with E-state index >= 15 is 0 Å². The topological polar surface area (TPSA) is 90.7 Å². The minimum atomic E-state index is -0.314. The molecular weight excluding hydrogens is 398 g/mol. The average molecular weight is 422 g/mol. The smallest absolute Gasteiger partial charge is 0.238 e. The maximum Gasteiger partial charge on any atom is 0.238 e. The summed E-state index contributed by atoms with van der Waals surface area (Å²) in [5.41, 5.74) is 1.80. The number of nitriles is 1. The van der Waals surface area contributed by atoms with E-state index in [1.807, 2.05) is 6.92 Å². The van der Waals surface area contributed by atoms with Gasteiger partial charge >= 0.3 is 0 Å². The molecule has 1 atom stereocenters. The van der Waals surface area contributed by atoms with E-state index in [9.17, 15) is 10.1 Å². The molecule has 0 radical (unpaired) electrons. The second-order valence-electron chi connectivity index (χ2n) is 6.43. The molecule has 0 saturated carbocycles. The number of hydrogen-bond acceptors (Lipinski definition) is 8. The van der Waals surface area contributed by atoms with Crippen molar-refractivity contribution in [3.63, 3.8) is 0 Å². The second kappa shape index (κ2) is 9.53. The van der Waals surface area contributed by atoms with Gasteiger partial charge in [0.15, 0.2) is 4.34 Å². The molecule has 0 saturated heterocycles. The summed E-state index contributed by atoms with van der Waals surface area (Å²) >= 11 is 4.41. The van der Waals surface area contributed by atoms with Crippen molar-refractivity contribution in [1.82, 2.24) is 10.2 Å². The Morgan fingerprint density at radius 2 is 2.11 bits per heavy atom. The molecule has 27 heavy (non-hydrogen) atoms. The van der Waals surface area contributed by atoms with E-state index in [1.165, 1.54) is 34.4 Å². The highest BCUT2D eigenvalue weighted by Crippen LogP contribution is 2.37. The first-order valence-electron chi connectivity index (χ1n) is 9.22. The van der Waals surface area contributed by atoms with Gasteiger partial charge in [-0.05, 0) is 44.6 Å². The van der Waals surface area contributed by atoms with E-state index in [2.05, 4.69) is 33.8 Å². The molecule has 2 heterocycles. The summed E-state index contributed by atoms with van der Waals surface area (Å²) in [5.74, 6) is -0.105. The third kappa shape index (κ3) is 5.00. The number of anilines is 2. The van der Waals surface area contributed by atoms with Gasteiger partial charge < -0.3 is 10.6 Å². The number of nitrogens with one attached hydrogen (secondary N) is 2. The summed E-state index contributed by atoms with van der Waals surface area (Å²) < 4.78 is 0.763. The molecule has 0 spiro atoms. The number of amides is 1. The maximum atomic E-state index is 12.7. The minimum Gasteiger partial charge on any atom is -0.360 e. The first kappa shape index (κ1) is 20.1. The lowest BCUT2D eigenvalue weighted by molar-refractivity contribution is -0.115. The Labute approximate surface area is 171 Å². The lowest BCUT2D eigenvalue weighted by Gasteiger charge is -2.09. The Bertz CT molecular complexity index is 839. The minimum absolute atomic E-state index is 0.105. The van der Waals surface area contributed by atoms with Crippen LogP contribution in [0.25, 0.3) is 0 Å². The van der Waals surface area contributed by atoms with Gasteiger partial charge in [-0.2, -0.15) is 5.26 Å². The predicted octanol–water partition coefficient (Wildman–Crippen LogP) is 4.68. The van der Waals surface area contributed by atoms with Gasteiger partial charge in [-0.15, -0.1) is 21.5 Å². The van der Waals surface area contributed by atoms with Crippen LogP contribution in [0.1, 0.15) is 55.5 Å². The Balaban J connectivity index is 1.65. The summed E-state index contributed by atoms with van der Waals surface area (Å²) in [6.07, 6.45) is 6.44. The second-order valence-corrected chi connectivity index (χ2v) is 10.1. The largest absolute Gasteiger partial charge is 0.360 e. The van der Waals surface area contributed by atoms with Crippen molar-refractivity contribution in [3.05, 3.63) is 16.0 Å². The molecule has 0 bridgehead atoms. The van der Waals surface area contributed by atoms with Crippen molar-refractivity contribution in [2.75, 3.05) is 17.2 Å². The van der Waals surface area contributed by atoms with Crippen LogP contribution < -0.4 is 10.6 Å². The molecule has 6 nitrogen and oxygen atoms in total. The Kier molecular flexibility index (Phi) is 7.10. The summed E-state index contributed by atoms with van der Waals surface area (Å²) in [4.78, 5) is 13.9. The van der Waals surface area contributed by atoms with E-state index < -0.39 is 0 Å². The van der Waals surface area contributed by atoms with Crippen LogP contribution in [-0.2, 0) is 17.6 Å².